The Kier molecular flexibility index (Phi) is 6.11. The van der Waals surface area contributed by atoms with Crippen molar-refractivity contribution in [2.45, 2.75) is 33.0 Å². The van der Waals surface area contributed by atoms with Crippen LogP contribution in [0.3, 0.4) is 0 Å². The Morgan fingerprint density at radius 1 is 1.00 bits per heavy atom. The van der Waals surface area contributed by atoms with Crippen LogP contribution < -0.4 is 10.1 Å². The van der Waals surface area contributed by atoms with Crippen molar-refractivity contribution in [2.75, 3.05) is 5.32 Å². The second-order valence-corrected chi connectivity index (χ2v) is 5.60. The lowest BCUT2D eigenvalue weighted by atomic mass is 10.2. The highest BCUT2D eigenvalue weighted by molar-refractivity contribution is 5.95. The standard InChI is InChI=1S/C19H20FNO4/c1-12-6-4-5-7-17(12)21-18(22)13(2)25-19(23)14(3)24-16-10-8-15(20)9-11-16/h4-11,13-14H,1-3H3,(H,21,22)/t13-,14+/m1/s1. The Hall–Kier alpha value is -2.89. The topological polar surface area (TPSA) is 64.6 Å². The van der Waals surface area contributed by atoms with E-state index in [9.17, 15) is 14.0 Å². The molecule has 2 atom stereocenters. The number of carbonyl (C=O) groups excluding carboxylic acids is 2. The number of hydrogen-bond acceptors (Lipinski definition) is 4. The van der Waals surface area contributed by atoms with E-state index in [-0.39, 0.29) is 0 Å². The highest BCUT2D eigenvalue weighted by atomic mass is 19.1. The SMILES string of the molecule is Cc1ccccc1NC(=O)[C@@H](C)OC(=O)[C@H](C)Oc1ccc(F)cc1. The van der Waals surface area contributed by atoms with Crippen molar-refractivity contribution < 1.29 is 23.5 Å². The summed E-state index contributed by atoms with van der Waals surface area (Å²) in [5, 5.41) is 2.71. The second kappa shape index (κ2) is 8.28. The van der Waals surface area contributed by atoms with Crippen molar-refractivity contribution in [2.24, 2.45) is 0 Å². The van der Waals surface area contributed by atoms with Gasteiger partial charge >= 0.3 is 5.97 Å². The average molecular weight is 345 g/mol. The Morgan fingerprint density at radius 3 is 2.28 bits per heavy atom. The van der Waals surface area contributed by atoms with Crippen LogP contribution in [-0.2, 0) is 14.3 Å². The van der Waals surface area contributed by atoms with Gasteiger partial charge in [-0.05, 0) is 56.7 Å². The molecule has 0 unspecified atom stereocenters. The van der Waals surface area contributed by atoms with Gasteiger partial charge in [0, 0.05) is 5.69 Å². The fraction of sp³-hybridized carbons (Fsp3) is 0.263. The lowest BCUT2D eigenvalue weighted by Crippen LogP contribution is -2.35. The van der Waals surface area contributed by atoms with Crippen molar-refractivity contribution in [3.63, 3.8) is 0 Å². The van der Waals surface area contributed by atoms with Crippen LogP contribution in [-0.4, -0.2) is 24.1 Å². The zero-order valence-electron chi connectivity index (χ0n) is 14.3. The monoisotopic (exact) mass is 345 g/mol. The van der Waals surface area contributed by atoms with Gasteiger partial charge in [0.1, 0.15) is 11.6 Å². The molecule has 0 heterocycles. The number of aryl methyl sites for hydroxylation is 1. The third-order valence-corrected chi connectivity index (χ3v) is 3.52. The summed E-state index contributed by atoms with van der Waals surface area (Å²) in [6.45, 7) is 4.85. The first-order valence-corrected chi connectivity index (χ1v) is 7.86. The normalized spacial score (nSPS) is 12.8. The van der Waals surface area contributed by atoms with Gasteiger partial charge < -0.3 is 14.8 Å². The van der Waals surface area contributed by atoms with Crippen LogP contribution >= 0.6 is 0 Å². The van der Waals surface area contributed by atoms with Crippen LogP contribution in [0.5, 0.6) is 5.75 Å². The van der Waals surface area contributed by atoms with Gasteiger partial charge in [0.15, 0.2) is 12.2 Å². The van der Waals surface area contributed by atoms with E-state index in [0.29, 0.717) is 11.4 Å². The summed E-state index contributed by atoms with van der Waals surface area (Å²) in [4.78, 5) is 24.2. The van der Waals surface area contributed by atoms with Crippen LogP contribution in [0, 0.1) is 12.7 Å². The first-order chi connectivity index (χ1) is 11.9. The maximum Gasteiger partial charge on any atom is 0.347 e. The van der Waals surface area contributed by atoms with Crippen LogP contribution in [0.15, 0.2) is 48.5 Å². The molecule has 0 fully saturated rings. The molecule has 1 amide bonds. The molecular weight excluding hydrogens is 325 g/mol. The van der Waals surface area contributed by atoms with Crippen molar-refractivity contribution in [3.05, 3.63) is 59.9 Å². The molecule has 132 valence electrons. The van der Waals surface area contributed by atoms with E-state index >= 15 is 0 Å². The molecule has 2 aromatic rings. The number of anilines is 1. The van der Waals surface area contributed by atoms with Crippen molar-refractivity contribution in [3.8, 4) is 5.75 Å². The minimum Gasteiger partial charge on any atom is -0.479 e. The largest absolute Gasteiger partial charge is 0.479 e. The predicted octanol–water partition coefficient (Wildman–Crippen LogP) is 3.47. The van der Waals surface area contributed by atoms with Gasteiger partial charge in [-0.3, -0.25) is 4.79 Å². The molecule has 2 rings (SSSR count). The molecule has 1 N–H and O–H groups in total. The van der Waals surface area contributed by atoms with Crippen molar-refractivity contribution in [1.82, 2.24) is 0 Å². The van der Waals surface area contributed by atoms with E-state index in [4.69, 9.17) is 9.47 Å². The number of carbonyl (C=O) groups is 2. The lowest BCUT2D eigenvalue weighted by molar-refractivity contribution is -0.159. The number of benzene rings is 2. The van der Waals surface area contributed by atoms with E-state index in [2.05, 4.69) is 5.32 Å². The molecule has 0 saturated heterocycles. The molecule has 6 heteroatoms. The minimum atomic E-state index is -0.980. The van der Waals surface area contributed by atoms with E-state index in [1.807, 2.05) is 19.1 Å². The van der Waals surface area contributed by atoms with Crippen molar-refractivity contribution >= 4 is 17.6 Å². The van der Waals surface area contributed by atoms with E-state index in [0.717, 1.165) is 5.56 Å². The molecule has 25 heavy (non-hydrogen) atoms. The number of amides is 1. The molecule has 0 bridgehead atoms. The first-order valence-electron chi connectivity index (χ1n) is 7.86. The maximum atomic E-state index is 12.9. The third-order valence-electron chi connectivity index (χ3n) is 3.52. The lowest BCUT2D eigenvalue weighted by Gasteiger charge is -2.18. The molecule has 5 nitrogen and oxygen atoms in total. The summed E-state index contributed by atoms with van der Waals surface area (Å²) < 4.78 is 23.4. The predicted molar refractivity (Wildman–Crippen MR) is 91.9 cm³/mol. The quantitative estimate of drug-likeness (QED) is 0.814. The summed E-state index contributed by atoms with van der Waals surface area (Å²) in [5.41, 5.74) is 1.56. The van der Waals surface area contributed by atoms with Crippen LogP contribution in [0.25, 0.3) is 0 Å². The number of halogens is 1. The minimum absolute atomic E-state index is 0.336. The zero-order valence-corrected chi connectivity index (χ0v) is 14.3. The molecule has 0 saturated carbocycles. The highest BCUT2D eigenvalue weighted by Crippen LogP contribution is 2.15. The van der Waals surface area contributed by atoms with Gasteiger partial charge in [-0.25, -0.2) is 9.18 Å². The molecule has 0 radical (unpaired) electrons. The number of para-hydroxylation sites is 1. The molecule has 0 aromatic heterocycles. The van der Waals surface area contributed by atoms with Crippen LogP contribution in [0.4, 0.5) is 10.1 Å². The van der Waals surface area contributed by atoms with Gasteiger partial charge in [-0.2, -0.15) is 0 Å². The van der Waals surface area contributed by atoms with Gasteiger partial charge in [0.2, 0.25) is 0 Å². The molecule has 2 aromatic carbocycles. The summed E-state index contributed by atoms with van der Waals surface area (Å²) >= 11 is 0. The Morgan fingerprint density at radius 2 is 1.64 bits per heavy atom. The summed E-state index contributed by atoms with van der Waals surface area (Å²) in [6, 6.07) is 12.6. The number of nitrogens with one attached hydrogen (secondary N) is 1. The van der Waals surface area contributed by atoms with Gasteiger partial charge in [0.05, 0.1) is 0 Å². The van der Waals surface area contributed by atoms with Crippen molar-refractivity contribution in [1.29, 1.82) is 0 Å². The Labute approximate surface area is 145 Å². The van der Waals surface area contributed by atoms with Crippen LogP contribution in [0.2, 0.25) is 0 Å². The summed E-state index contributed by atoms with van der Waals surface area (Å²) in [6.07, 6.45) is -1.91. The molecular formula is C19H20FNO4. The second-order valence-electron chi connectivity index (χ2n) is 5.60. The molecule has 0 spiro atoms. The first kappa shape index (κ1) is 18.4. The maximum absolute atomic E-state index is 12.9. The molecule has 0 aliphatic carbocycles. The number of rotatable bonds is 6. The van der Waals surface area contributed by atoms with E-state index in [1.165, 1.54) is 38.1 Å². The molecule has 0 aliphatic heterocycles. The fourth-order valence-corrected chi connectivity index (χ4v) is 2.04. The average Bonchev–Trinajstić information content (AvgIpc) is 2.58. The highest BCUT2D eigenvalue weighted by Gasteiger charge is 2.23. The van der Waals surface area contributed by atoms with E-state index in [1.54, 1.807) is 12.1 Å². The number of esters is 1. The zero-order chi connectivity index (χ0) is 18.4. The van der Waals surface area contributed by atoms with Gasteiger partial charge in [-0.1, -0.05) is 18.2 Å². The Balaban J connectivity index is 1.89. The van der Waals surface area contributed by atoms with Crippen LogP contribution in [0.1, 0.15) is 19.4 Å². The van der Waals surface area contributed by atoms with Gasteiger partial charge in [0.25, 0.3) is 5.91 Å². The smallest absolute Gasteiger partial charge is 0.347 e. The summed E-state index contributed by atoms with van der Waals surface area (Å²) in [5.74, 6) is -1.18. The number of ether oxygens (including phenoxy) is 2. The summed E-state index contributed by atoms with van der Waals surface area (Å²) in [7, 11) is 0. The van der Waals surface area contributed by atoms with E-state index < -0.39 is 29.9 Å². The Bertz CT molecular complexity index is 745. The number of hydrogen-bond donors (Lipinski definition) is 1. The third kappa shape index (κ3) is 5.31. The van der Waals surface area contributed by atoms with Gasteiger partial charge in [-0.15, -0.1) is 0 Å². The molecule has 0 aliphatic rings. The fourth-order valence-electron chi connectivity index (χ4n) is 2.04.